The second-order valence-electron chi connectivity index (χ2n) is 5.95. The molecule has 0 radical (unpaired) electrons. The number of amides is 1. The summed E-state index contributed by atoms with van der Waals surface area (Å²) in [5, 5.41) is 3.03. The molecule has 0 aliphatic heterocycles. The van der Waals surface area contributed by atoms with E-state index >= 15 is 0 Å². The van der Waals surface area contributed by atoms with Crippen LogP contribution in [0.2, 0.25) is 0 Å². The highest BCUT2D eigenvalue weighted by molar-refractivity contribution is 5.75. The SMILES string of the molecule is COc1ccccc1CCNC(=O)CCC1CCCCC1. The molecule has 1 aromatic rings. The summed E-state index contributed by atoms with van der Waals surface area (Å²) in [7, 11) is 1.68. The van der Waals surface area contributed by atoms with Crippen molar-refractivity contribution in [1.82, 2.24) is 5.32 Å². The van der Waals surface area contributed by atoms with Crippen molar-refractivity contribution in [1.29, 1.82) is 0 Å². The summed E-state index contributed by atoms with van der Waals surface area (Å²) >= 11 is 0. The third-order valence-corrected chi connectivity index (χ3v) is 4.41. The normalized spacial score (nSPS) is 15.7. The zero-order chi connectivity index (χ0) is 14.9. The van der Waals surface area contributed by atoms with Gasteiger partial charge in [-0.25, -0.2) is 0 Å². The predicted octanol–water partition coefficient (Wildman–Crippen LogP) is 3.71. The van der Waals surface area contributed by atoms with E-state index in [4.69, 9.17) is 4.74 Å². The fourth-order valence-corrected chi connectivity index (χ4v) is 3.15. The summed E-state index contributed by atoms with van der Waals surface area (Å²) in [5.41, 5.74) is 1.15. The van der Waals surface area contributed by atoms with Crippen LogP contribution in [0.4, 0.5) is 0 Å². The Morgan fingerprint density at radius 2 is 2.00 bits per heavy atom. The molecule has 0 heterocycles. The molecule has 116 valence electrons. The number of methoxy groups -OCH3 is 1. The molecule has 1 saturated carbocycles. The van der Waals surface area contributed by atoms with E-state index in [9.17, 15) is 4.79 Å². The topological polar surface area (TPSA) is 38.3 Å². The molecule has 0 spiro atoms. The first kappa shape index (κ1) is 15.9. The highest BCUT2D eigenvalue weighted by Gasteiger charge is 2.14. The maximum absolute atomic E-state index is 11.9. The van der Waals surface area contributed by atoms with Gasteiger partial charge in [-0.3, -0.25) is 4.79 Å². The number of ether oxygens (including phenoxy) is 1. The van der Waals surface area contributed by atoms with Crippen LogP contribution in [-0.4, -0.2) is 19.6 Å². The molecule has 0 bridgehead atoms. The van der Waals surface area contributed by atoms with Gasteiger partial charge in [0, 0.05) is 13.0 Å². The summed E-state index contributed by atoms with van der Waals surface area (Å²) in [6, 6.07) is 7.97. The highest BCUT2D eigenvalue weighted by atomic mass is 16.5. The molecule has 1 fully saturated rings. The van der Waals surface area contributed by atoms with E-state index in [0.717, 1.165) is 30.1 Å². The Bertz CT molecular complexity index is 439. The average Bonchev–Trinajstić information content (AvgIpc) is 2.54. The molecule has 21 heavy (non-hydrogen) atoms. The number of para-hydroxylation sites is 1. The lowest BCUT2D eigenvalue weighted by molar-refractivity contribution is -0.121. The van der Waals surface area contributed by atoms with Crippen LogP contribution < -0.4 is 10.1 Å². The summed E-state index contributed by atoms with van der Waals surface area (Å²) in [6.07, 6.45) is 9.25. The largest absolute Gasteiger partial charge is 0.496 e. The second kappa shape index (κ2) is 8.71. The van der Waals surface area contributed by atoms with Gasteiger partial charge in [0.15, 0.2) is 0 Å². The van der Waals surface area contributed by atoms with Gasteiger partial charge in [0.1, 0.15) is 5.75 Å². The molecule has 3 nitrogen and oxygen atoms in total. The minimum absolute atomic E-state index is 0.190. The molecule has 0 aromatic heterocycles. The Labute approximate surface area is 128 Å². The molecule has 1 aromatic carbocycles. The van der Waals surface area contributed by atoms with Gasteiger partial charge in [-0.1, -0.05) is 50.3 Å². The fourth-order valence-electron chi connectivity index (χ4n) is 3.15. The number of carbonyl (C=O) groups excluding carboxylic acids is 1. The van der Waals surface area contributed by atoms with Crippen LogP contribution >= 0.6 is 0 Å². The van der Waals surface area contributed by atoms with Crippen LogP contribution in [-0.2, 0) is 11.2 Å². The summed E-state index contributed by atoms with van der Waals surface area (Å²) in [4.78, 5) is 11.9. The lowest BCUT2D eigenvalue weighted by Crippen LogP contribution is -2.26. The molecular formula is C18H27NO2. The van der Waals surface area contributed by atoms with Gasteiger partial charge < -0.3 is 10.1 Å². The van der Waals surface area contributed by atoms with E-state index < -0.39 is 0 Å². The van der Waals surface area contributed by atoms with Crippen LogP contribution in [0.5, 0.6) is 5.75 Å². The Morgan fingerprint density at radius 3 is 2.76 bits per heavy atom. The highest BCUT2D eigenvalue weighted by Crippen LogP contribution is 2.27. The van der Waals surface area contributed by atoms with E-state index in [-0.39, 0.29) is 5.91 Å². The first-order chi connectivity index (χ1) is 10.3. The van der Waals surface area contributed by atoms with E-state index in [2.05, 4.69) is 5.32 Å². The van der Waals surface area contributed by atoms with Crippen molar-refractivity contribution in [3.63, 3.8) is 0 Å². The lowest BCUT2D eigenvalue weighted by Gasteiger charge is -2.21. The number of rotatable bonds is 7. The standard InChI is InChI=1S/C18H27NO2/c1-21-17-10-6-5-9-16(17)13-14-19-18(20)12-11-15-7-3-2-4-8-15/h5-6,9-10,15H,2-4,7-8,11-14H2,1H3,(H,19,20). The first-order valence-electron chi connectivity index (χ1n) is 8.18. The molecule has 2 rings (SSSR count). The molecule has 0 saturated heterocycles. The van der Waals surface area contributed by atoms with Crippen molar-refractivity contribution in [3.05, 3.63) is 29.8 Å². The van der Waals surface area contributed by atoms with E-state index in [0.29, 0.717) is 13.0 Å². The number of hydrogen-bond donors (Lipinski definition) is 1. The maximum atomic E-state index is 11.9. The van der Waals surface area contributed by atoms with Crippen molar-refractivity contribution in [3.8, 4) is 5.75 Å². The monoisotopic (exact) mass is 289 g/mol. The van der Waals surface area contributed by atoms with Crippen molar-refractivity contribution >= 4 is 5.91 Å². The predicted molar refractivity (Wildman–Crippen MR) is 85.5 cm³/mol. The van der Waals surface area contributed by atoms with Crippen LogP contribution in [0.15, 0.2) is 24.3 Å². The van der Waals surface area contributed by atoms with Gasteiger partial charge in [-0.05, 0) is 30.4 Å². The Balaban J connectivity index is 1.64. The molecule has 0 atom stereocenters. The second-order valence-corrected chi connectivity index (χ2v) is 5.95. The van der Waals surface area contributed by atoms with E-state index in [1.165, 1.54) is 32.1 Å². The van der Waals surface area contributed by atoms with Crippen molar-refractivity contribution < 1.29 is 9.53 Å². The smallest absolute Gasteiger partial charge is 0.220 e. The van der Waals surface area contributed by atoms with Gasteiger partial charge in [0.25, 0.3) is 0 Å². The molecular weight excluding hydrogens is 262 g/mol. The van der Waals surface area contributed by atoms with Crippen LogP contribution in [0.3, 0.4) is 0 Å². The minimum Gasteiger partial charge on any atom is -0.496 e. The third kappa shape index (κ3) is 5.41. The van der Waals surface area contributed by atoms with Crippen molar-refractivity contribution in [2.45, 2.75) is 51.4 Å². The number of carbonyl (C=O) groups is 1. The number of hydrogen-bond acceptors (Lipinski definition) is 2. The van der Waals surface area contributed by atoms with Gasteiger partial charge in [0.2, 0.25) is 5.91 Å². The summed E-state index contributed by atoms with van der Waals surface area (Å²) in [5.74, 6) is 1.86. The first-order valence-corrected chi connectivity index (χ1v) is 8.18. The summed E-state index contributed by atoms with van der Waals surface area (Å²) in [6.45, 7) is 0.684. The average molecular weight is 289 g/mol. The zero-order valence-corrected chi connectivity index (χ0v) is 13.1. The molecule has 1 aliphatic rings. The van der Waals surface area contributed by atoms with Crippen LogP contribution in [0.1, 0.15) is 50.5 Å². The summed E-state index contributed by atoms with van der Waals surface area (Å²) < 4.78 is 5.32. The third-order valence-electron chi connectivity index (χ3n) is 4.41. The van der Waals surface area contributed by atoms with Gasteiger partial charge in [-0.15, -0.1) is 0 Å². The lowest BCUT2D eigenvalue weighted by atomic mass is 9.86. The van der Waals surface area contributed by atoms with Gasteiger partial charge in [0.05, 0.1) is 7.11 Å². The molecule has 1 N–H and O–H groups in total. The van der Waals surface area contributed by atoms with Gasteiger partial charge >= 0.3 is 0 Å². The molecule has 3 heteroatoms. The van der Waals surface area contributed by atoms with E-state index in [1.807, 2.05) is 24.3 Å². The fraction of sp³-hybridized carbons (Fsp3) is 0.611. The van der Waals surface area contributed by atoms with Gasteiger partial charge in [-0.2, -0.15) is 0 Å². The van der Waals surface area contributed by atoms with Crippen molar-refractivity contribution in [2.75, 3.05) is 13.7 Å². The van der Waals surface area contributed by atoms with Crippen LogP contribution in [0, 0.1) is 5.92 Å². The minimum atomic E-state index is 0.190. The Hall–Kier alpha value is -1.51. The van der Waals surface area contributed by atoms with Crippen LogP contribution in [0.25, 0.3) is 0 Å². The van der Waals surface area contributed by atoms with E-state index in [1.54, 1.807) is 7.11 Å². The molecule has 1 amide bonds. The van der Waals surface area contributed by atoms with Crippen molar-refractivity contribution in [2.24, 2.45) is 5.92 Å². The quantitative estimate of drug-likeness (QED) is 0.831. The number of nitrogens with one attached hydrogen (secondary N) is 1. The Kier molecular flexibility index (Phi) is 6.58. The molecule has 1 aliphatic carbocycles. The Morgan fingerprint density at radius 1 is 1.24 bits per heavy atom. The maximum Gasteiger partial charge on any atom is 0.220 e. The zero-order valence-electron chi connectivity index (χ0n) is 13.1. The number of benzene rings is 1. The molecule has 0 unspecified atom stereocenters.